The topological polar surface area (TPSA) is 160 Å². The standard InChI is InChI=1S/C26H50O15/c1-29-12-16-19(32-4)21(34-6)23(36-8)25(40-16)38-14(10-27)18(31-3)15(11-28)39-26-24(37-9)22(35-7)20(33-5)17(41-26)13-30-2/h14-28H,10-13H2,1-9H3/t14-,15-,16+,17+,19+,20+,21-,22-,23+,24+,25+,26+/m0/s1. The first-order valence-electron chi connectivity index (χ1n) is 13.4. The van der Waals surface area contributed by atoms with Crippen molar-refractivity contribution >= 4 is 0 Å². The van der Waals surface area contributed by atoms with Gasteiger partial charge in [-0.1, -0.05) is 0 Å². The van der Waals surface area contributed by atoms with Crippen molar-refractivity contribution in [2.75, 3.05) is 90.4 Å². The molecule has 2 saturated heterocycles. The number of hydrogen-bond donors (Lipinski definition) is 2. The smallest absolute Gasteiger partial charge is 0.187 e. The van der Waals surface area contributed by atoms with Gasteiger partial charge in [0.05, 0.1) is 26.4 Å². The van der Waals surface area contributed by atoms with E-state index < -0.39 is 92.9 Å². The maximum atomic E-state index is 10.4. The minimum Gasteiger partial charge on any atom is -0.394 e. The Bertz CT molecular complexity index is 635. The minimum atomic E-state index is -1.04. The molecule has 0 radical (unpaired) electrons. The van der Waals surface area contributed by atoms with E-state index in [1.54, 1.807) is 0 Å². The quantitative estimate of drug-likeness (QED) is 0.177. The molecule has 15 nitrogen and oxygen atoms in total. The van der Waals surface area contributed by atoms with E-state index in [1.165, 1.54) is 64.0 Å². The Morgan fingerprint density at radius 1 is 0.512 bits per heavy atom. The summed E-state index contributed by atoms with van der Waals surface area (Å²) in [6.45, 7) is -0.630. The molecular weight excluding hydrogens is 552 g/mol. The Morgan fingerprint density at radius 3 is 1.10 bits per heavy atom. The van der Waals surface area contributed by atoms with Crippen molar-refractivity contribution in [2.24, 2.45) is 0 Å². The van der Waals surface area contributed by atoms with Crippen LogP contribution in [0.4, 0.5) is 0 Å². The van der Waals surface area contributed by atoms with Gasteiger partial charge in [0, 0.05) is 64.0 Å². The van der Waals surface area contributed by atoms with E-state index in [4.69, 9.17) is 61.6 Å². The SMILES string of the molecule is COC[C@H]1O[C@@H](O[C@@H](CO)C(OC)[C@H](CO)O[C@@H]2O[C@H](COC)[C@@H](OC)[C@H](OC)[C@H]2OC)[C@H](OC)[C@@H](OC)[C@@H]1OC. The molecule has 2 heterocycles. The predicted molar refractivity (Wildman–Crippen MR) is 141 cm³/mol. The third-order valence-electron chi connectivity index (χ3n) is 7.46. The van der Waals surface area contributed by atoms with E-state index in [-0.39, 0.29) is 13.2 Å². The second kappa shape index (κ2) is 18.9. The lowest BCUT2D eigenvalue weighted by Crippen LogP contribution is -2.63. The highest BCUT2D eigenvalue weighted by Gasteiger charge is 2.51. The lowest BCUT2D eigenvalue weighted by Gasteiger charge is -2.47. The molecule has 2 N–H and O–H groups in total. The van der Waals surface area contributed by atoms with E-state index in [0.29, 0.717) is 0 Å². The number of hydrogen-bond acceptors (Lipinski definition) is 15. The summed E-state index contributed by atoms with van der Waals surface area (Å²) in [5.74, 6) is 0. The van der Waals surface area contributed by atoms with Crippen LogP contribution in [0.1, 0.15) is 0 Å². The van der Waals surface area contributed by atoms with E-state index in [2.05, 4.69) is 0 Å². The molecule has 0 aromatic carbocycles. The first-order chi connectivity index (χ1) is 19.9. The molecule has 2 aliphatic heterocycles. The van der Waals surface area contributed by atoms with Crippen molar-refractivity contribution in [2.45, 2.75) is 79.7 Å². The van der Waals surface area contributed by atoms with Crippen molar-refractivity contribution in [1.82, 2.24) is 0 Å². The van der Waals surface area contributed by atoms with Crippen LogP contribution in [0.5, 0.6) is 0 Å². The van der Waals surface area contributed by atoms with Crippen LogP contribution >= 0.6 is 0 Å². The number of methoxy groups -OCH3 is 9. The van der Waals surface area contributed by atoms with Crippen LogP contribution in [0, 0.1) is 0 Å². The Morgan fingerprint density at radius 2 is 0.854 bits per heavy atom. The molecule has 0 unspecified atom stereocenters. The molecule has 0 saturated carbocycles. The molecule has 0 aliphatic carbocycles. The minimum absolute atomic E-state index is 0.192. The molecule has 41 heavy (non-hydrogen) atoms. The summed E-state index contributed by atoms with van der Waals surface area (Å²) in [4.78, 5) is 0. The highest BCUT2D eigenvalue weighted by Crippen LogP contribution is 2.32. The zero-order chi connectivity index (χ0) is 30.5. The van der Waals surface area contributed by atoms with Gasteiger partial charge >= 0.3 is 0 Å². The molecule has 2 fully saturated rings. The van der Waals surface area contributed by atoms with Crippen LogP contribution < -0.4 is 0 Å². The average Bonchev–Trinajstić information content (AvgIpc) is 2.99. The Kier molecular flexibility index (Phi) is 16.9. The molecule has 2 aliphatic rings. The van der Waals surface area contributed by atoms with Gasteiger partial charge in [0.1, 0.15) is 67.1 Å². The molecule has 0 amide bonds. The van der Waals surface area contributed by atoms with Gasteiger partial charge in [0.25, 0.3) is 0 Å². The van der Waals surface area contributed by atoms with Gasteiger partial charge < -0.3 is 71.8 Å². The van der Waals surface area contributed by atoms with Crippen LogP contribution in [0.3, 0.4) is 0 Å². The average molecular weight is 603 g/mol. The van der Waals surface area contributed by atoms with Gasteiger partial charge in [-0.05, 0) is 0 Å². The van der Waals surface area contributed by atoms with Crippen molar-refractivity contribution in [3.8, 4) is 0 Å². The Labute approximate surface area is 242 Å². The second-order valence-electron chi connectivity index (χ2n) is 9.61. The molecule has 0 bridgehead atoms. The monoisotopic (exact) mass is 602 g/mol. The van der Waals surface area contributed by atoms with Gasteiger partial charge in [0.15, 0.2) is 12.6 Å². The lowest BCUT2D eigenvalue weighted by atomic mass is 9.98. The lowest BCUT2D eigenvalue weighted by molar-refractivity contribution is -0.346. The molecule has 0 spiro atoms. The number of aliphatic hydroxyl groups is 2. The molecule has 0 aromatic rings. The van der Waals surface area contributed by atoms with Gasteiger partial charge in [-0.15, -0.1) is 0 Å². The number of aliphatic hydroxyl groups excluding tert-OH is 2. The maximum absolute atomic E-state index is 10.4. The summed E-state index contributed by atoms with van der Waals surface area (Å²) < 4.78 is 75.0. The summed E-state index contributed by atoms with van der Waals surface area (Å²) in [7, 11) is 13.6. The van der Waals surface area contributed by atoms with E-state index in [9.17, 15) is 10.2 Å². The van der Waals surface area contributed by atoms with E-state index in [1.807, 2.05) is 0 Å². The molecule has 244 valence electrons. The van der Waals surface area contributed by atoms with Crippen LogP contribution in [-0.2, 0) is 61.6 Å². The molecule has 0 aromatic heterocycles. The first kappa shape index (κ1) is 36.6. The number of rotatable bonds is 19. The van der Waals surface area contributed by atoms with Crippen molar-refractivity contribution in [3.63, 3.8) is 0 Å². The fraction of sp³-hybridized carbons (Fsp3) is 1.00. The zero-order valence-electron chi connectivity index (χ0n) is 25.5. The van der Waals surface area contributed by atoms with Crippen LogP contribution in [0.2, 0.25) is 0 Å². The maximum Gasteiger partial charge on any atom is 0.187 e. The summed E-state index contributed by atoms with van der Waals surface area (Å²) in [5.41, 5.74) is 0. The number of ether oxygens (including phenoxy) is 13. The Balaban J connectivity index is 2.29. The van der Waals surface area contributed by atoms with Crippen molar-refractivity contribution in [3.05, 3.63) is 0 Å². The van der Waals surface area contributed by atoms with Crippen LogP contribution in [0.15, 0.2) is 0 Å². The second-order valence-corrected chi connectivity index (χ2v) is 9.61. The van der Waals surface area contributed by atoms with Gasteiger partial charge in [-0.3, -0.25) is 0 Å². The van der Waals surface area contributed by atoms with Gasteiger partial charge in [-0.25, -0.2) is 0 Å². The predicted octanol–water partition coefficient (Wildman–Crippen LogP) is -1.41. The highest BCUT2D eigenvalue weighted by molar-refractivity contribution is 4.95. The third-order valence-corrected chi connectivity index (χ3v) is 7.46. The molecular formula is C26H50O15. The fourth-order valence-electron chi connectivity index (χ4n) is 5.51. The Hall–Kier alpha value is -0.600. The summed E-state index contributed by atoms with van der Waals surface area (Å²) in [6.07, 6.45) is -9.88. The zero-order valence-corrected chi connectivity index (χ0v) is 25.5. The first-order valence-corrected chi connectivity index (χ1v) is 13.4. The van der Waals surface area contributed by atoms with Gasteiger partial charge in [-0.2, -0.15) is 0 Å². The molecule has 2 rings (SSSR count). The third kappa shape index (κ3) is 8.74. The largest absolute Gasteiger partial charge is 0.394 e. The summed E-state index contributed by atoms with van der Waals surface area (Å²) in [6, 6.07) is 0. The van der Waals surface area contributed by atoms with Crippen molar-refractivity contribution in [1.29, 1.82) is 0 Å². The van der Waals surface area contributed by atoms with Crippen molar-refractivity contribution < 1.29 is 71.8 Å². The summed E-state index contributed by atoms with van der Waals surface area (Å²) in [5, 5.41) is 20.8. The molecule has 12 atom stereocenters. The van der Waals surface area contributed by atoms with E-state index >= 15 is 0 Å². The molecule has 15 heteroatoms. The van der Waals surface area contributed by atoms with Crippen LogP contribution in [0.25, 0.3) is 0 Å². The summed E-state index contributed by atoms with van der Waals surface area (Å²) >= 11 is 0. The van der Waals surface area contributed by atoms with Gasteiger partial charge in [0.2, 0.25) is 0 Å². The van der Waals surface area contributed by atoms with E-state index in [0.717, 1.165) is 0 Å². The fourth-order valence-corrected chi connectivity index (χ4v) is 5.51. The highest BCUT2D eigenvalue weighted by atomic mass is 16.8. The normalized spacial score (nSPS) is 36.0. The van der Waals surface area contributed by atoms with Crippen LogP contribution in [-0.4, -0.2) is 180 Å².